The van der Waals surface area contributed by atoms with Crippen LogP contribution >= 0.6 is 15.9 Å². The number of hydrogen-bond donors (Lipinski definition) is 1. The molecule has 5 nitrogen and oxygen atoms in total. The van der Waals surface area contributed by atoms with Crippen molar-refractivity contribution in [2.45, 2.75) is 37.8 Å². The van der Waals surface area contributed by atoms with Crippen LogP contribution < -0.4 is 5.32 Å². The fourth-order valence-electron chi connectivity index (χ4n) is 5.44. The molecular formula is C25H26BrN3O2. The maximum absolute atomic E-state index is 13.8. The van der Waals surface area contributed by atoms with Crippen LogP contribution in [0.3, 0.4) is 0 Å². The molecule has 0 saturated carbocycles. The lowest BCUT2D eigenvalue weighted by atomic mass is 9.86. The number of nitrogens with one attached hydrogen (secondary N) is 1. The highest BCUT2D eigenvalue weighted by Crippen LogP contribution is 2.50. The van der Waals surface area contributed by atoms with Gasteiger partial charge in [0.2, 0.25) is 0 Å². The largest absolute Gasteiger partial charge is 0.317 e. The van der Waals surface area contributed by atoms with Gasteiger partial charge in [-0.05, 0) is 55.5 Å². The minimum atomic E-state index is -0.480. The highest BCUT2D eigenvalue weighted by atomic mass is 79.9. The molecule has 1 spiro atoms. The Bertz CT molecular complexity index is 1050. The Kier molecular flexibility index (Phi) is 5.44. The lowest BCUT2D eigenvalue weighted by molar-refractivity contribution is -0.139. The number of halogens is 1. The molecule has 1 unspecified atom stereocenters. The van der Waals surface area contributed by atoms with Crippen LogP contribution in [0, 0.1) is 0 Å². The first-order valence-electron chi connectivity index (χ1n) is 11.1. The molecule has 6 heteroatoms. The average molecular weight is 480 g/mol. The van der Waals surface area contributed by atoms with E-state index in [0.717, 1.165) is 67.3 Å². The molecule has 1 N–H and O–H groups in total. The Morgan fingerprint density at radius 3 is 2.55 bits per heavy atom. The molecule has 5 rings (SSSR count). The third-order valence-corrected chi connectivity index (χ3v) is 7.22. The summed E-state index contributed by atoms with van der Waals surface area (Å²) in [7, 11) is 0. The Morgan fingerprint density at radius 2 is 1.74 bits per heavy atom. The van der Waals surface area contributed by atoms with Gasteiger partial charge in [-0.2, -0.15) is 0 Å². The minimum absolute atomic E-state index is 0.0640. The normalized spacial score (nSPS) is 23.9. The van der Waals surface area contributed by atoms with E-state index in [9.17, 15) is 9.59 Å². The molecule has 160 valence electrons. The molecule has 2 amide bonds. The molecule has 2 aromatic rings. The van der Waals surface area contributed by atoms with E-state index in [1.807, 2.05) is 35.2 Å². The first kappa shape index (κ1) is 20.5. The van der Waals surface area contributed by atoms with Crippen molar-refractivity contribution in [3.63, 3.8) is 0 Å². The van der Waals surface area contributed by atoms with Gasteiger partial charge < -0.3 is 10.2 Å². The number of hydrogen-bond acceptors (Lipinski definition) is 3. The van der Waals surface area contributed by atoms with Crippen LogP contribution in [0.15, 0.2) is 64.8 Å². The zero-order chi connectivity index (χ0) is 21.4. The van der Waals surface area contributed by atoms with Crippen LogP contribution in [0.2, 0.25) is 0 Å². The van der Waals surface area contributed by atoms with Crippen molar-refractivity contribution in [1.29, 1.82) is 0 Å². The van der Waals surface area contributed by atoms with E-state index < -0.39 is 5.66 Å². The second-order valence-corrected chi connectivity index (χ2v) is 9.42. The third-order valence-electron chi connectivity index (χ3n) is 6.73. The lowest BCUT2D eigenvalue weighted by Crippen LogP contribution is -2.63. The molecule has 0 aliphatic carbocycles. The summed E-state index contributed by atoms with van der Waals surface area (Å²) in [4.78, 5) is 31.3. The fourth-order valence-corrected chi connectivity index (χ4v) is 5.84. The molecule has 31 heavy (non-hydrogen) atoms. The van der Waals surface area contributed by atoms with Crippen LogP contribution in [-0.2, 0) is 4.79 Å². The lowest BCUT2D eigenvalue weighted by Gasteiger charge is -2.51. The quantitative estimate of drug-likeness (QED) is 0.709. The number of rotatable bonds is 3. The summed E-state index contributed by atoms with van der Waals surface area (Å²) >= 11 is 3.60. The molecule has 2 fully saturated rings. The van der Waals surface area contributed by atoms with Crippen molar-refractivity contribution in [1.82, 2.24) is 15.1 Å². The second kappa shape index (κ2) is 8.24. The number of nitrogens with zero attached hydrogens (tertiary/aromatic N) is 2. The van der Waals surface area contributed by atoms with E-state index in [1.54, 1.807) is 12.1 Å². The van der Waals surface area contributed by atoms with E-state index in [1.165, 1.54) is 0 Å². The summed E-state index contributed by atoms with van der Waals surface area (Å²) < 4.78 is 0.963. The van der Waals surface area contributed by atoms with Gasteiger partial charge in [0.05, 0.1) is 0 Å². The van der Waals surface area contributed by atoms with E-state index in [4.69, 9.17) is 0 Å². The van der Waals surface area contributed by atoms with Crippen molar-refractivity contribution < 1.29 is 9.59 Å². The van der Waals surface area contributed by atoms with E-state index >= 15 is 0 Å². The molecule has 3 heterocycles. The van der Waals surface area contributed by atoms with Crippen molar-refractivity contribution in [3.8, 4) is 0 Å². The minimum Gasteiger partial charge on any atom is -0.317 e. The molecule has 0 radical (unpaired) electrons. The Balaban J connectivity index is 1.68. The monoisotopic (exact) mass is 479 g/mol. The summed E-state index contributed by atoms with van der Waals surface area (Å²) in [5.41, 5.74) is 2.44. The van der Waals surface area contributed by atoms with Gasteiger partial charge in [0.25, 0.3) is 11.8 Å². The van der Waals surface area contributed by atoms with Gasteiger partial charge in [-0.1, -0.05) is 52.7 Å². The Labute approximate surface area is 191 Å². The summed E-state index contributed by atoms with van der Waals surface area (Å²) in [6.45, 7) is 2.67. The molecule has 1 atom stereocenters. The predicted molar refractivity (Wildman–Crippen MR) is 124 cm³/mol. The van der Waals surface area contributed by atoms with Crippen LogP contribution in [0.25, 0.3) is 5.57 Å². The van der Waals surface area contributed by atoms with Gasteiger partial charge in [0, 0.05) is 35.2 Å². The standard InChI is InChI=1S/C25H26BrN3O2/c26-20-12-7-11-19(17-20)21-22(27-23(30)18-9-3-1-4-10-18)24(31)29-16-8-15-28-14-6-2-5-13-25(21,28)29/h1,3-4,7,9-12,17H,2,5-6,8,13-16H2,(H,27,30). The van der Waals surface area contributed by atoms with Gasteiger partial charge in [-0.15, -0.1) is 0 Å². The van der Waals surface area contributed by atoms with Gasteiger partial charge >= 0.3 is 0 Å². The molecule has 0 bridgehead atoms. The maximum Gasteiger partial charge on any atom is 0.272 e. The Morgan fingerprint density at radius 1 is 0.935 bits per heavy atom. The molecular weight excluding hydrogens is 454 g/mol. The zero-order valence-corrected chi connectivity index (χ0v) is 19.0. The van der Waals surface area contributed by atoms with Crippen LogP contribution in [0.5, 0.6) is 0 Å². The third kappa shape index (κ3) is 3.42. The summed E-state index contributed by atoms with van der Waals surface area (Å²) in [6, 6.07) is 17.2. The summed E-state index contributed by atoms with van der Waals surface area (Å²) in [5.74, 6) is -0.307. The average Bonchev–Trinajstić information content (AvgIpc) is 2.91. The van der Waals surface area contributed by atoms with Crippen molar-refractivity contribution >= 4 is 33.3 Å². The molecule has 3 aliphatic heterocycles. The molecule has 2 aromatic carbocycles. The van der Waals surface area contributed by atoms with E-state index in [0.29, 0.717) is 11.3 Å². The number of carbonyl (C=O) groups excluding carboxylic acids is 2. The predicted octanol–water partition coefficient (Wildman–Crippen LogP) is 4.41. The van der Waals surface area contributed by atoms with Crippen molar-refractivity contribution in [3.05, 3.63) is 75.9 Å². The van der Waals surface area contributed by atoms with Gasteiger partial charge in [-0.25, -0.2) is 0 Å². The zero-order valence-electron chi connectivity index (χ0n) is 17.4. The second-order valence-electron chi connectivity index (χ2n) is 8.51. The SMILES string of the molecule is O=C(NC1=C(c2cccc(Br)c2)C23CCCCCN2CCCN3C1=O)c1ccccc1. The Hall–Kier alpha value is -2.44. The highest BCUT2D eigenvalue weighted by molar-refractivity contribution is 9.10. The van der Waals surface area contributed by atoms with Gasteiger partial charge in [0.1, 0.15) is 11.4 Å². The van der Waals surface area contributed by atoms with Crippen LogP contribution in [-0.4, -0.2) is 46.9 Å². The first-order chi connectivity index (χ1) is 15.1. The first-order valence-corrected chi connectivity index (χ1v) is 11.8. The molecule has 0 aromatic heterocycles. The van der Waals surface area contributed by atoms with Gasteiger partial charge in [-0.3, -0.25) is 14.5 Å². The number of benzene rings is 2. The number of amides is 2. The highest BCUT2D eigenvalue weighted by Gasteiger charge is 2.57. The molecule has 3 aliphatic rings. The smallest absolute Gasteiger partial charge is 0.272 e. The topological polar surface area (TPSA) is 52.7 Å². The fraction of sp³-hybridized carbons (Fsp3) is 0.360. The summed E-state index contributed by atoms with van der Waals surface area (Å²) in [5, 5.41) is 3.03. The van der Waals surface area contributed by atoms with Crippen molar-refractivity contribution in [2.24, 2.45) is 0 Å². The maximum atomic E-state index is 13.8. The van der Waals surface area contributed by atoms with Gasteiger partial charge in [0.15, 0.2) is 0 Å². The number of carbonyl (C=O) groups is 2. The van der Waals surface area contributed by atoms with Crippen LogP contribution in [0.1, 0.15) is 48.0 Å². The van der Waals surface area contributed by atoms with E-state index in [-0.39, 0.29) is 11.8 Å². The van der Waals surface area contributed by atoms with Crippen LogP contribution in [0.4, 0.5) is 0 Å². The van der Waals surface area contributed by atoms with Crippen molar-refractivity contribution in [2.75, 3.05) is 19.6 Å². The van der Waals surface area contributed by atoms with E-state index in [2.05, 4.69) is 38.3 Å². The molecule has 2 saturated heterocycles. The summed E-state index contributed by atoms with van der Waals surface area (Å²) in [6.07, 6.45) is 5.22.